The second-order valence-corrected chi connectivity index (χ2v) is 5.32. The molecule has 2 aliphatic rings. The Balaban J connectivity index is 1.52. The Morgan fingerprint density at radius 2 is 1.78 bits per heavy atom. The fourth-order valence-electron chi connectivity index (χ4n) is 2.63. The lowest BCUT2D eigenvalue weighted by Crippen LogP contribution is -2.36. The number of fused-ring (bicyclic) bond motifs is 1. The predicted octanol–water partition coefficient (Wildman–Crippen LogP) is 1.83. The van der Waals surface area contributed by atoms with Crippen molar-refractivity contribution < 1.29 is 14.2 Å². The Hall–Kier alpha value is -2.54. The fraction of sp³-hybridized carbons (Fsp3) is 0.375. The van der Waals surface area contributed by atoms with Crippen molar-refractivity contribution in [3.05, 3.63) is 30.5 Å². The van der Waals surface area contributed by atoms with Gasteiger partial charge in [0.05, 0.1) is 13.2 Å². The SMILES string of the molecule is c1cc(N2CCOCC2)nc(Nc2ccc3c(c2)OCCO3)n1. The molecule has 1 aromatic carbocycles. The van der Waals surface area contributed by atoms with Crippen molar-refractivity contribution in [2.24, 2.45) is 0 Å². The van der Waals surface area contributed by atoms with Crippen molar-refractivity contribution in [2.75, 3.05) is 49.7 Å². The summed E-state index contributed by atoms with van der Waals surface area (Å²) in [5.74, 6) is 2.98. The van der Waals surface area contributed by atoms with Crippen LogP contribution in [0.2, 0.25) is 0 Å². The summed E-state index contributed by atoms with van der Waals surface area (Å²) < 4.78 is 16.5. The average molecular weight is 314 g/mol. The van der Waals surface area contributed by atoms with E-state index in [1.807, 2.05) is 24.3 Å². The number of rotatable bonds is 3. The van der Waals surface area contributed by atoms with Gasteiger partial charge in [0.15, 0.2) is 11.5 Å². The normalized spacial score (nSPS) is 17.0. The highest BCUT2D eigenvalue weighted by Gasteiger charge is 2.14. The molecule has 1 aromatic heterocycles. The van der Waals surface area contributed by atoms with Crippen LogP contribution in [0.4, 0.5) is 17.5 Å². The van der Waals surface area contributed by atoms with Gasteiger partial charge in [-0.25, -0.2) is 4.98 Å². The fourth-order valence-corrected chi connectivity index (χ4v) is 2.63. The third-order valence-electron chi connectivity index (χ3n) is 3.77. The predicted molar refractivity (Wildman–Crippen MR) is 85.8 cm³/mol. The Morgan fingerprint density at radius 1 is 0.957 bits per heavy atom. The molecule has 3 heterocycles. The van der Waals surface area contributed by atoms with Crippen molar-refractivity contribution in [3.63, 3.8) is 0 Å². The van der Waals surface area contributed by atoms with E-state index in [1.165, 1.54) is 0 Å². The zero-order chi connectivity index (χ0) is 15.5. The van der Waals surface area contributed by atoms with Crippen LogP contribution in [0, 0.1) is 0 Å². The first-order valence-corrected chi connectivity index (χ1v) is 7.71. The summed E-state index contributed by atoms with van der Waals surface area (Å²) in [7, 11) is 0. The van der Waals surface area contributed by atoms with E-state index >= 15 is 0 Å². The van der Waals surface area contributed by atoms with Gasteiger partial charge in [0.1, 0.15) is 19.0 Å². The molecule has 0 radical (unpaired) electrons. The van der Waals surface area contributed by atoms with Crippen LogP contribution in [0.5, 0.6) is 11.5 Å². The van der Waals surface area contributed by atoms with E-state index in [4.69, 9.17) is 14.2 Å². The molecule has 1 saturated heterocycles. The van der Waals surface area contributed by atoms with Gasteiger partial charge in [0, 0.05) is 31.0 Å². The van der Waals surface area contributed by atoms with Gasteiger partial charge in [0.25, 0.3) is 0 Å². The Labute approximate surface area is 134 Å². The zero-order valence-corrected chi connectivity index (χ0v) is 12.7. The molecule has 23 heavy (non-hydrogen) atoms. The van der Waals surface area contributed by atoms with Crippen LogP contribution in [0.3, 0.4) is 0 Å². The molecule has 2 aromatic rings. The first-order valence-electron chi connectivity index (χ1n) is 7.71. The highest BCUT2D eigenvalue weighted by atomic mass is 16.6. The Bertz CT molecular complexity index is 689. The van der Waals surface area contributed by atoms with Gasteiger partial charge in [-0.1, -0.05) is 0 Å². The third kappa shape index (κ3) is 3.14. The van der Waals surface area contributed by atoms with Crippen LogP contribution >= 0.6 is 0 Å². The maximum Gasteiger partial charge on any atom is 0.229 e. The number of morpholine rings is 1. The Kier molecular flexibility index (Phi) is 3.85. The number of hydrogen-bond donors (Lipinski definition) is 1. The zero-order valence-electron chi connectivity index (χ0n) is 12.7. The van der Waals surface area contributed by atoms with E-state index in [1.54, 1.807) is 6.20 Å². The molecule has 1 fully saturated rings. The Morgan fingerprint density at radius 3 is 2.65 bits per heavy atom. The van der Waals surface area contributed by atoms with Crippen LogP contribution in [0.1, 0.15) is 0 Å². The largest absolute Gasteiger partial charge is 0.486 e. The summed E-state index contributed by atoms with van der Waals surface area (Å²) in [6.45, 7) is 4.31. The van der Waals surface area contributed by atoms with Gasteiger partial charge in [-0.2, -0.15) is 4.98 Å². The molecule has 0 unspecified atom stereocenters. The highest BCUT2D eigenvalue weighted by molar-refractivity contribution is 5.60. The van der Waals surface area contributed by atoms with Crippen molar-refractivity contribution in [1.29, 1.82) is 0 Å². The van der Waals surface area contributed by atoms with Crippen molar-refractivity contribution in [1.82, 2.24) is 9.97 Å². The molecule has 0 atom stereocenters. The second-order valence-electron chi connectivity index (χ2n) is 5.32. The second kappa shape index (κ2) is 6.29. The maximum atomic E-state index is 5.59. The minimum Gasteiger partial charge on any atom is -0.486 e. The lowest BCUT2D eigenvalue weighted by atomic mass is 10.2. The van der Waals surface area contributed by atoms with Gasteiger partial charge in [-0.15, -0.1) is 0 Å². The van der Waals surface area contributed by atoms with Gasteiger partial charge < -0.3 is 24.4 Å². The summed E-state index contributed by atoms with van der Waals surface area (Å²) in [4.78, 5) is 11.1. The molecule has 1 N–H and O–H groups in total. The molecule has 0 saturated carbocycles. The molecular weight excluding hydrogens is 296 g/mol. The van der Waals surface area contributed by atoms with Gasteiger partial charge in [-0.05, 0) is 18.2 Å². The standard InChI is InChI=1S/C16H18N4O3/c1-2-13-14(23-10-9-22-13)11-12(1)18-16-17-4-3-15(19-16)20-5-7-21-8-6-20/h1-4,11H,5-10H2,(H,17,18,19). The summed E-state index contributed by atoms with van der Waals surface area (Å²) in [5, 5.41) is 3.22. The van der Waals surface area contributed by atoms with E-state index in [9.17, 15) is 0 Å². The molecule has 0 bridgehead atoms. The van der Waals surface area contributed by atoms with Crippen LogP contribution in [-0.4, -0.2) is 49.5 Å². The lowest BCUT2D eigenvalue weighted by molar-refractivity contribution is 0.122. The summed E-state index contributed by atoms with van der Waals surface area (Å²) in [6.07, 6.45) is 1.76. The molecule has 120 valence electrons. The molecule has 7 nitrogen and oxygen atoms in total. The number of nitrogens with zero attached hydrogens (tertiary/aromatic N) is 3. The molecule has 4 rings (SSSR count). The third-order valence-corrected chi connectivity index (χ3v) is 3.77. The quantitative estimate of drug-likeness (QED) is 0.927. The number of ether oxygens (including phenoxy) is 3. The molecule has 7 heteroatoms. The summed E-state index contributed by atoms with van der Waals surface area (Å²) in [6, 6.07) is 7.64. The summed E-state index contributed by atoms with van der Waals surface area (Å²) in [5.41, 5.74) is 0.869. The number of benzene rings is 1. The molecular formula is C16H18N4O3. The smallest absolute Gasteiger partial charge is 0.229 e. The molecule has 0 aliphatic carbocycles. The molecule has 0 amide bonds. The topological polar surface area (TPSA) is 68.7 Å². The van der Waals surface area contributed by atoms with E-state index < -0.39 is 0 Å². The maximum absolute atomic E-state index is 5.59. The van der Waals surface area contributed by atoms with E-state index in [0.29, 0.717) is 19.2 Å². The van der Waals surface area contributed by atoms with Gasteiger partial charge >= 0.3 is 0 Å². The van der Waals surface area contributed by atoms with Crippen molar-refractivity contribution in [3.8, 4) is 11.5 Å². The van der Waals surface area contributed by atoms with Crippen LogP contribution in [0.15, 0.2) is 30.5 Å². The number of hydrogen-bond acceptors (Lipinski definition) is 7. The van der Waals surface area contributed by atoms with Crippen molar-refractivity contribution in [2.45, 2.75) is 0 Å². The number of nitrogens with one attached hydrogen (secondary N) is 1. The van der Waals surface area contributed by atoms with E-state index in [-0.39, 0.29) is 0 Å². The minimum atomic E-state index is 0.561. The average Bonchev–Trinajstić information content (AvgIpc) is 2.63. The molecule has 2 aliphatic heterocycles. The van der Waals surface area contributed by atoms with E-state index in [2.05, 4.69) is 20.2 Å². The first-order chi connectivity index (χ1) is 11.4. The van der Waals surface area contributed by atoms with Crippen LogP contribution in [-0.2, 0) is 4.74 Å². The summed E-state index contributed by atoms with van der Waals surface area (Å²) >= 11 is 0. The van der Waals surface area contributed by atoms with Crippen molar-refractivity contribution >= 4 is 17.5 Å². The monoisotopic (exact) mass is 314 g/mol. The molecule has 0 spiro atoms. The minimum absolute atomic E-state index is 0.561. The highest BCUT2D eigenvalue weighted by Crippen LogP contribution is 2.33. The van der Waals surface area contributed by atoms with Gasteiger partial charge in [0.2, 0.25) is 5.95 Å². The number of aromatic nitrogens is 2. The van der Waals surface area contributed by atoms with Crippen LogP contribution < -0.4 is 19.7 Å². The van der Waals surface area contributed by atoms with Gasteiger partial charge in [-0.3, -0.25) is 0 Å². The number of anilines is 3. The first kappa shape index (κ1) is 14.1. The van der Waals surface area contributed by atoms with E-state index in [0.717, 1.165) is 49.3 Å². The van der Waals surface area contributed by atoms with Crippen LogP contribution in [0.25, 0.3) is 0 Å². The lowest BCUT2D eigenvalue weighted by Gasteiger charge is -2.27.